The summed E-state index contributed by atoms with van der Waals surface area (Å²) < 4.78 is 38.4. The molecule has 0 aromatic carbocycles. The normalized spacial score (nSPS) is 40.7. The van der Waals surface area contributed by atoms with Gasteiger partial charge < -0.3 is 28.4 Å². The van der Waals surface area contributed by atoms with Gasteiger partial charge >= 0.3 is 0 Å². The maximum absolute atomic E-state index is 6.54. The lowest BCUT2D eigenvalue weighted by Gasteiger charge is -2.35. The van der Waals surface area contributed by atoms with Gasteiger partial charge in [0.15, 0.2) is 17.9 Å². The molecule has 5 atom stereocenters. The molecule has 0 unspecified atom stereocenters. The number of unbranched alkanes of at least 4 members (excludes halogenated alkanes) is 2. The van der Waals surface area contributed by atoms with Crippen LogP contribution in [0.4, 0.5) is 0 Å². The highest BCUT2D eigenvalue weighted by atomic mass is 16.9. The van der Waals surface area contributed by atoms with Gasteiger partial charge in [-0.25, -0.2) is 0 Å². The number of hydrogen-bond donors (Lipinski definition) is 0. The number of ether oxygens (including phenoxy) is 6. The van der Waals surface area contributed by atoms with E-state index < -0.39 is 11.6 Å². The average Bonchev–Trinajstić information content (AvgIpc) is 3.39. The van der Waals surface area contributed by atoms with Crippen LogP contribution in [0.25, 0.3) is 0 Å². The molecule has 0 radical (unpaired) electrons. The standard InChI is InChI=1S/C23H38O6/c1-2-3-10-15-24-19-18(17-16-25-22(27-17)11-6-4-7-12-22)26-21-20(19)28-23(29-21)13-8-5-9-14-23/h17-21H,2-16H2,1H3/t17-,18-,19+,20-,21+/m0/s1. The van der Waals surface area contributed by atoms with E-state index in [4.69, 9.17) is 28.4 Å². The topological polar surface area (TPSA) is 55.4 Å². The zero-order chi connectivity index (χ0) is 19.7. The van der Waals surface area contributed by atoms with Crippen molar-refractivity contribution in [1.29, 1.82) is 0 Å². The first-order valence-electron chi connectivity index (χ1n) is 12.2. The van der Waals surface area contributed by atoms with Crippen LogP contribution in [-0.4, -0.2) is 55.5 Å². The van der Waals surface area contributed by atoms with Crippen molar-refractivity contribution in [1.82, 2.24) is 0 Å². The van der Waals surface area contributed by atoms with Gasteiger partial charge in [0.2, 0.25) is 0 Å². The molecule has 3 aliphatic heterocycles. The van der Waals surface area contributed by atoms with Crippen LogP contribution in [-0.2, 0) is 28.4 Å². The molecule has 0 N–H and O–H groups in total. The summed E-state index contributed by atoms with van der Waals surface area (Å²) in [5.41, 5.74) is 0. The predicted molar refractivity (Wildman–Crippen MR) is 106 cm³/mol. The van der Waals surface area contributed by atoms with Gasteiger partial charge in [-0.15, -0.1) is 0 Å². The molecule has 6 nitrogen and oxygen atoms in total. The Bertz CT molecular complexity index is 541. The maximum Gasteiger partial charge on any atom is 0.190 e. The van der Waals surface area contributed by atoms with E-state index >= 15 is 0 Å². The molecule has 0 amide bonds. The summed E-state index contributed by atoms with van der Waals surface area (Å²) in [5, 5.41) is 0. The fraction of sp³-hybridized carbons (Fsp3) is 1.00. The highest BCUT2D eigenvalue weighted by molar-refractivity contribution is 5.01. The van der Waals surface area contributed by atoms with Gasteiger partial charge in [0.05, 0.1) is 6.61 Å². The summed E-state index contributed by atoms with van der Waals surface area (Å²) in [6, 6.07) is 0. The van der Waals surface area contributed by atoms with Crippen LogP contribution < -0.4 is 0 Å². The van der Waals surface area contributed by atoms with Crippen molar-refractivity contribution in [3.63, 3.8) is 0 Å². The van der Waals surface area contributed by atoms with E-state index in [0.717, 1.165) is 51.6 Å². The Kier molecular flexibility index (Phi) is 6.21. The molecule has 166 valence electrons. The Morgan fingerprint density at radius 3 is 2.24 bits per heavy atom. The predicted octanol–water partition coefficient (Wildman–Crippen LogP) is 4.44. The van der Waals surface area contributed by atoms with Crippen molar-refractivity contribution in [2.24, 2.45) is 0 Å². The monoisotopic (exact) mass is 410 g/mol. The first kappa shape index (κ1) is 20.7. The number of rotatable bonds is 6. The highest BCUT2D eigenvalue weighted by Crippen LogP contribution is 2.48. The first-order chi connectivity index (χ1) is 14.2. The molecule has 3 heterocycles. The van der Waals surface area contributed by atoms with Gasteiger partial charge in [-0.05, 0) is 32.1 Å². The average molecular weight is 411 g/mol. The van der Waals surface area contributed by atoms with Crippen molar-refractivity contribution in [3.05, 3.63) is 0 Å². The van der Waals surface area contributed by atoms with Crippen LogP contribution in [0.5, 0.6) is 0 Å². The molecule has 2 saturated carbocycles. The lowest BCUT2D eigenvalue weighted by atomic mass is 9.94. The quantitative estimate of drug-likeness (QED) is 0.604. The minimum Gasteiger partial charge on any atom is -0.372 e. The zero-order valence-corrected chi connectivity index (χ0v) is 17.9. The summed E-state index contributed by atoms with van der Waals surface area (Å²) in [7, 11) is 0. The molecule has 0 bridgehead atoms. The van der Waals surface area contributed by atoms with E-state index in [1.807, 2.05) is 0 Å². The molecule has 2 spiro atoms. The van der Waals surface area contributed by atoms with Crippen molar-refractivity contribution < 1.29 is 28.4 Å². The van der Waals surface area contributed by atoms with Crippen molar-refractivity contribution in [2.45, 2.75) is 133 Å². The Hall–Kier alpha value is -0.240. The minimum atomic E-state index is -0.457. The Morgan fingerprint density at radius 2 is 1.52 bits per heavy atom. The van der Waals surface area contributed by atoms with Crippen LogP contribution in [0.3, 0.4) is 0 Å². The molecular weight excluding hydrogens is 372 g/mol. The molecule has 29 heavy (non-hydrogen) atoms. The summed E-state index contributed by atoms with van der Waals surface area (Å²) in [4.78, 5) is 0. The van der Waals surface area contributed by atoms with Crippen molar-refractivity contribution >= 4 is 0 Å². The van der Waals surface area contributed by atoms with E-state index in [0.29, 0.717) is 6.61 Å². The zero-order valence-electron chi connectivity index (χ0n) is 17.9. The van der Waals surface area contributed by atoms with Crippen molar-refractivity contribution in [3.8, 4) is 0 Å². The van der Waals surface area contributed by atoms with E-state index in [1.165, 1.54) is 38.5 Å². The largest absolute Gasteiger partial charge is 0.372 e. The summed E-state index contributed by atoms with van der Waals surface area (Å²) in [6.07, 6.45) is 13.6. The SMILES string of the molecule is CCCCCO[C@H]1[C@@H]2OC3(CCCCC3)O[C@H]2O[C@H]1[C@@H]1COC2(CCCCC2)O1. The van der Waals surface area contributed by atoms with Crippen molar-refractivity contribution in [2.75, 3.05) is 13.2 Å². The third kappa shape index (κ3) is 4.13. The lowest BCUT2D eigenvalue weighted by Crippen LogP contribution is -2.46. The molecule has 5 rings (SSSR count). The van der Waals surface area contributed by atoms with Crippen LogP contribution in [0.15, 0.2) is 0 Å². The van der Waals surface area contributed by atoms with Gasteiger partial charge in [0.25, 0.3) is 0 Å². The Balaban J connectivity index is 1.27. The van der Waals surface area contributed by atoms with E-state index in [1.54, 1.807) is 0 Å². The van der Waals surface area contributed by atoms with Gasteiger partial charge in [-0.2, -0.15) is 0 Å². The third-order valence-electron chi connectivity index (χ3n) is 7.42. The third-order valence-corrected chi connectivity index (χ3v) is 7.42. The number of hydrogen-bond acceptors (Lipinski definition) is 6. The molecule has 6 heteroatoms. The fourth-order valence-corrected chi connectivity index (χ4v) is 5.84. The Labute approximate surface area is 174 Å². The summed E-state index contributed by atoms with van der Waals surface area (Å²) in [5.74, 6) is -0.857. The molecule has 0 aromatic heterocycles. The van der Waals surface area contributed by atoms with Crippen LogP contribution >= 0.6 is 0 Å². The summed E-state index contributed by atoms with van der Waals surface area (Å²) in [6.45, 7) is 3.52. The summed E-state index contributed by atoms with van der Waals surface area (Å²) >= 11 is 0. The van der Waals surface area contributed by atoms with Crippen LogP contribution in [0.2, 0.25) is 0 Å². The molecule has 3 saturated heterocycles. The second-order valence-corrected chi connectivity index (χ2v) is 9.62. The first-order valence-corrected chi connectivity index (χ1v) is 12.2. The van der Waals surface area contributed by atoms with E-state index in [2.05, 4.69) is 6.92 Å². The molecule has 2 aliphatic carbocycles. The van der Waals surface area contributed by atoms with Crippen LogP contribution in [0.1, 0.15) is 90.4 Å². The fourth-order valence-electron chi connectivity index (χ4n) is 5.84. The smallest absolute Gasteiger partial charge is 0.190 e. The Morgan fingerprint density at radius 1 is 0.793 bits per heavy atom. The lowest BCUT2D eigenvalue weighted by molar-refractivity contribution is -0.262. The van der Waals surface area contributed by atoms with Gasteiger partial charge in [0.1, 0.15) is 24.4 Å². The maximum atomic E-state index is 6.54. The molecular formula is C23H38O6. The number of fused-ring (bicyclic) bond motifs is 1. The van der Waals surface area contributed by atoms with Gasteiger partial charge in [-0.1, -0.05) is 32.6 Å². The molecule has 5 aliphatic rings. The second kappa shape index (κ2) is 8.71. The molecule has 0 aromatic rings. The van der Waals surface area contributed by atoms with Gasteiger partial charge in [0, 0.05) is 32.3 Å². The molecule has 5 fully saturated rings. The van der Waals surface area contributed by atoms with E-state index in [-0.39, 0.29) is 30.7 Å². The highest BCUT2D eigenvalue weighted by Gasteiger charge is 2.61. The van der Waals surface area contributed by atoms with Crippen LogP contribution in [0, 0.1) is 0 Å². The van der Waals surface area contributed by atoms with Gasteiger partial charge in [-0.3, -0.25) is 0 Å². The second-order valence-electron chi connectivity index (χ2n) is 9.62. The minimum absolute atomic E-state index is 0.107. The van der Waals surface area contributed by atoms with E-state index in [9.17, 15) is 0 Å².